The summed E-state index contributed by atoms with van der Waals surface area (Å²) in [5.41, 5.74) is -0.304. The van der Waals surface area contributed by atoms with Gasteiger partial charge in [0.25, 0.3) is 5.69 Å². The summed E-state index contributed by atoms with van der Waals surface area (Å²) in [4.78, 5) is 21.6. The SMILES string of the molecule is COc1ccc(/C=N\Nc2ccc(C(F)(F)F)cc2[N+](=O)[O-])c(C(=O)O)c1OC. The number of rotatable bonds is 7. The number of carboxylic acid groups (broad SMARTS) is 1. The third kappa shape index (κ3) is 4.72. The van der Waals surface area contributed by atoms with Crippen molar-refractivity contribution in [3.8, 4) is 11.5 Å². The van der Waals surface area contributed by atoms with Gasteiger partial charge in [-0.05, 0) is 24.3 Å². The van der Waals surface area contributed by atoms with Gasteiger partial charge in [0.05, 0.1) is 30.9 Å². The molecule has 2 rings (SSSR count). The van der Waals surface area contributed by atoms with Gasteiger partial charge in [0.2, 0.25) is 0 Å². The number of methoxy groups -OCH3 is 2. The predicted molar refractivity (Wildman–Crippen MR) is 95.8 cm³/mol. The fourth-order valence-electron chi connectivity index (χ4n) is 2.40. The van der Waals surface area contributed by atoms with E-state index in [0.29, 0.717) is 12.1 Å². The molecular formula is C17H14F3N3O6. The topological polar surface area (TPSA) is 123 Å². The van der Waals surface area contributed by atoms with Crippen LogP contribution in [0.2, 0.25) is 0 Å². The van der Waals surface area contributed by atoms with E-state index in [9.17, 15) is 33.2 Å². The number of hydrogen-bond donors (Lipinski definition) is 2. The van der Waals surface area contributed by atoms with Crippen molar-refractivity contribution in [2.24, 2.45) is 5.10 Å². The lowest BCUT2D eigenvalue weighted by Crippen LogP contribution is -2.08. The molecular weight excluding hydrogens is 399 g/mol. The number of nitrogens with one attached hydrogen (secondary N) is 1. The minimum Gasteiger partial charge on any atom is -0.493 e. The zero-order chi connectivity index (χ0) is 21.8. The van der Waals surface area contributed by atoms with Gasteiger partial charge < -0.3 is 14.6 Å². The third-order valence-electron chi connectivity index (χ3n) is 3.70. The van der Waals surface area contributed by atoms with Gasteiger partial charge >= 0.3 is 12.1 Å². The molecule has 9 nitrogen and oxygen atoms in total. The molecule has 0 saturated heterocycles. The van der Waals surface area contributed by atoms with Crippen molar-refractivity contribution in [1.82, 2.24) is 0 Å². The highest BCUT2D eigenvalue weighted by molar-refractivity contribution is 6.02. The molecule has 12 heteroatoms. The first-order valence-electron chi connectivity index (χ1n) is 7.73. The normalized spacial score (nSPS) is 11.3. The Morgan fingerprint density at radius 2 is 1.93 bits per heavy atom. The molecule has 154 valence electrons. The quantitative estimate of drug-likeness (QED) is 0.402. The molecule has 0 heterocycles. The number of carbonyl (C=O) groups is 1. The highest BCUT2D eigenvalue weighted by Crippen LogP contribution is 2.35. The number of nitro groups is 1. The number of carboxylic acids is 1. The van der Waals surface area contributed by atoms with Gasteiger partial charge in [0.15, 0.2) is 11.5 Å². The molecule has 0 fully saturated rings. The van der Waals surface area contributed by atoms with Gasteiger partial charge in [-0.3, -0.25) is 15.5 Å². The van der Waals surface area contributed by atoms with E-state index >= 15 is 0 Å². The third-order valence-corrected chi connectivity index (χ3v) is 3.70. The van der Waals surface area contributed by atoms with Gasteiger partial charge in [0, 0.05) is 11.6 Å². The van der Waals surface area contributed by atoms with E-state index in [-0.39, 0.29) is 28.3 Å². The van der Waals surface area contributed by atoms with Crippen LogP contribution in [0.5, 0.6) is 11.5 Å². The van der Waals surface area contributed by atoms with Gasteiger partial charge in [-0.1, -0.05) is 0 Å². The Labute approximate surface area is 161 Å². The molecule has 0 spiro atoms. The Morgan fingerprint density at radius 3 is 2.45 bits per heavy atom. The fourth-order valence-corrected chi connectivity index (χ4v) is 2.40. The van der Waals surface area contributed by atoms with Crippen LogP contribution in [-0.4, -0.2) is 36.4 Å². The Bertz CT molecular complexity index is 976. The molecule has 0 radical (unpaired) electrons. The number of hydrogen-bond acceptors (Lipinski definition) is 7. The second-order valence-electron chi connectivity index (χ2n) is 5.43. The first-order valence-corrected chi connectivity index (χ1v) is 7.73. The number of hydrazone groups is 1. The lowest BCUT2D eigenvalue weighted by atomic mass is 10.1. The number of ether oxygens (including phenoxy) is 2. The Morgan fingerprint density at radius 1 is 1.24 bits per heavy atom. The van der Waals surface area contributed by atoms with Crippen LogP contribution in [0.3, 0.4) is 0 Å². The lowest BCUT2D eigenvalue weighted by Gasteiger charge is -2.12. The second kappa shape index (κ2) is 8.46. The maximum absolute atomic E-state index is 12.7. The Hall–Kier alpha value is -3.83. The van der Waals surface area contributed by atoms with Crippen LogP contribution < -0.4 is 14.9 Å². The van der Waals surface area contributed by atoms with Crippen LogP contribution in [0, 0.1) is 10.1 Å². The molecule has 0 saturated carbocycles. The minimum atomic E-state index is -4.75. The first-order chi connectivity index (χ1) is 13.6. The number of nitrogens with zero attached hydrogens (tertiary/aromatic N) is 2. The van der Waals surface area contributed by atoms with E-state index in [4.69, 9.17) is 9.47 Å². The first kappa shape index (κ1) is 21.5. The molecule has 2 aromatic carbocycles. The summed E-state index contributed by atoms with van der Waals surface area (Å²) < 4.78 is 48.3. The molecule has 0 aliphatic heterocycles. The molecule has 0 atom stereocenters. The van der Waals surface area contributed by atoms with E-state index in [1.807, 2.05) is 0 Å². The number of alkyl halides is 3. The molecule has 0 aliphatic carbocycles. The summed E-state index contributed by atoms with van der Waals surface area (Å²) >= 11 is 0. The smallest absolute Gasteiger partial charge is 0.416 e. The van der Waals surface area contributed by atoms with Crippen molar-refractivity contribution in [2.45, 2.75) is 6.18 Å². The van der Waals surface area contributed by atoms with Gasteiger partial charge in [-0.25, -0.2) is 4.79 Å². The fraction of sp³-hybridized carbons (Fsp3) is 0.176. The highest BCUT2D eigenvalue weighted by atomic mass is 19.4. The number of nitro benzene ring substituents is 1. The summed E-state index contributed by atoms with van der Waals surface area (Å²) in [6.07, 6.45) is -3.71. The average molecular weight is 413 g/mol. The number of anilines is 1. The Balaban J connectivity index is 2.40. The highest BCUT2D eigenvalue weighted by Gasteiger charge is 2.33. The van der Waals surface area contributed by atoms with Crippen LogP contribution in [0.15, 0.2) is 35.4 Å². The zero-order valence-corrected chi connectivity index (χ0v) is 15.0. The maximum atomic E-state index is 12.7. The van der Waals surface area contributed by atoms with Crippen molar-refractivity contribution < 1.29 is 37.5 Å². The maximum Gasteiger partial charge on any atom is 0.416 e. The molecule has 0 amide bonds. The summed E-state index contributed by atoms with van der Waals surface area (Å²) in [7, 11) is 2.57. The van der Waals surface area contributed by atoms with Crippen LogP contribution in [0.25, 0.3) is 0 Å². The van der Waals surface area contributed by atoms with Gasteiger partial charge in [-0.2, -0.15) is 18.3 Å². The van der Waals surface area contributed by atoms with Crippen LogP contribution in [0.1, 0.15) is 21.5 Å². The van der Waals surface area contributed by atoms with Crippen molar-refractivity contribution in [1.29, 1.82) is 0 Å². The zero-order valence-electron chi connectivity index (χ0n) is 15.0. The van der Waals surface area contributed by atoms with Gasteiger partial charge in [-0.15, -0.1) is 0 Å². The molecule has 29 heavy (non-hydrogen) atoms. The van der Waals surface area contributed by atoms with E-state index < -0.39 is 28.3 Å². The summed E-state index contributed by atoms with van der Waals surface area (Å²) in [5, 5.41) is 24.2. The predicted octanol–water partition coefficient (Wildman–Crippen LogP) is 3.78. The van der Waals surface area contributed by atoms with Crippen LogP contribution >= 0.6 is 0 Å². The minimum absolute atomic E-state index is 0.0653. The largest absolute Gasteiger partial charge is 0.493 e. The summed E-state index contributed by atoms with van der Waals surface area (Å²) in [6.45, 7) is 0. The molecule has 2 aromatic rings. The van der Waals surface area contributed by atoms with Crippen molar-refractivity contribution >= 4 is 23.6 Å². The molecule has 0 bridgehead atoms. The van der Waals surface area contributed by atoms with Crippen LogP contribution in [-0.2, 0) is 6.18 Å². The summed E-state index contributed by atoms with van der Waals surface area (Å²) in [6, 6.07) is 4.66. The molecule has 0 aromatic heterocycles. The summed E-state index contributed by atoms with van der Waals surface area (Å²) in [5.74, 6) is -1.25. The Kier molecular flexibility index (Phi) is 6.26. The second-order valence-corrected chi connectivity index (χ2v) is 5.43. The molecule has 2 N–H and O–H groups in total. The van der Waals surface area contributed by atoms with E-state index in [1.54, 1.807) is 0 Å². The number of aromatic carboxylic acids is 1. The number of benzene rings is 2. The standard InChI is InChI=1S/C17H14F3N3O6/c1-28-13-6-3-9(14(16(24)25)15(13)29-2)8-21-22-11-5-4-10(17(18,19)20)7-12(11)23(26)27/h3-8,22H,1-2H3,(H,24,25)/b21-8-. The van der Waals surface area contributed by atoms with E-state index in [0.717, 1.165) is 12.3 Å². The average Bonchev–Trinajstić information content (AvgIpc) is 2.66. The molecule has 0 aliphatic rings. The van der Waals surface area contributed by atoms with E-state index in [1.165, 1.54) is 26.4 Å². The number of halogens is 3. The lowest BCUT2D eigenvalue weighted by molar-refractivity contribution is -0.384. The monoisotopic (exact) mass is 413 g/mol. The van der Waals surface area contributed by atoms with Crippen LogP contribution in [0.4, 0.5) is 24.5 Å². The van der Waals surface area contributed by atoms with Gasteiger partial charge in [0.1, 0.15) is 11.3 Å². The van der Waals surface area contributed by atoms with Crippen molar-refractivity contribution in [2.75, 3.05) is 19.6 Å². The molecule has 0 unspecified atom stereocenters. The van der Waals surface area contributed by atoms with E-state index in [2.05, 4.69) is 10.5 Å². The van der Waals surface area contributed by atoms with Crippen molar-refractivity contribution in [3.63, 3.8) is 0 Å². The van der Waals surface area contributed by atoms with Crippen molar-refractivity contribution in [3.05, 3.63) is 57.1 Å².